The topological polar surface area (TPSA) is 56.4 Å². The third-order valence-electron chi connectivity index (χ3n) is 6.80. The monoisotopic (exact) mass is 503 g/mol. The van der Waals surface area contributed by atoms with Crippen LogP contribution in [0.2, 0.25) is 0 Å². The predicted molar refractivity (Wildman–Crippen MR) is 153 cm³/mol. The lowest BCUT2D eigenvalue weighted by atomic mass is 9.87. The number of H-pyrrole nitrogens is 1. The first-order valence-corrected chi connectivity index (χ1v) is 13.5. The quantitative estimate of drug-likeness (QED) is 0.353. The molecule has 1 N–H and O–H groups in total. The highest BCUT2D eigenvalue weighted by molar-refractivity contribution is 5.86. The van der Waals surface area contributed by atoms with Gasteiger partial charge in [-0.25, -0.2) is 0 Å². The maximum Gasteiger partial charge on any atom is 0.242 e. The van der Waals surface area contributed by atoms with Crippen molar-refractivity contribution in [1.29, 1.82) is 0 Å². The average molecular weight is 504 g/mol. The summed E-state index contributed by atoms with van der Waals surface area (Å²) in [5.74, 6) is 0.0117. The van der Waals surface area contributed by atoms with Crippen LogP contribution in [0, 0.1) is 5.41 Å². The highest BCUT2D eigenvalue weighted by Crippen LogP contribution is 2.24. The van der Waals surface area contributed by atoms with E-state index in [1.165, 1.54) is 16.5 Å². The fourth-order valence-corrected chi connectivity index (χ4v) is 4.58. The highest BCUT2D eigenvalue weighted by Gasteiger charge is 2.27. The Morgan fingerprint density at radius 3 is 2.14 bits per heavy atom. The van der Waals surface area contributed by atoms with Crippen LogP contribution < -0.4 is 0 Å². The van der Waals surface area contributed by atoms with E-state index in [1.54, 1.807) is 4.90 Å². The molecule has 0 spiro atoms. The Bertz CT molecular complexity index is 1190. The van der Waals surface area contributed by atoms with Gasteiger partial charge in [0.05, 0.1) is 6.54 Å². The van der Waals surface area contributed by atoms with Crippen molar-refractivity contribution in [2.75, 3.05) is 13.1 Å². The number of carbonyl (C=O) groups excluding carboxylic acids is 2. The summed E-state index contributed by atoms with van der Waals surface area (Å²) in [6, 6.07) is 16.8. The Balaban J connectivity index is 1.82. The third kappa shape index (κ3) is 7.95. The highest BCUT2D eigenvalue weighted by atomic mass is 16.2. The van der Waals surface area contributed by atoms with Gasteiger partial charge in [0.2, 0.25) is 11.8 Å². The Kier molecular flexibility index (Phi) is 8.88. The largest absolute Gasteiger partial charge is 0.361 e. The van der Waals surface area contributed by atoms with Gasteiger partial charge in [-0.3, -0.25) is 9.59 Å². The van der Waals surface area contributed by atoms with E-state index in [4.69, 9.17) is 0 Å². The second kappa shape index (κ2) is 11.5. The van der Waals surface area contributed by atoms with Crippen LogP contribution in [0.5, 0.6) is 0 Å². The Morgan fingerprint density at radius 1 is 0.892 bits per heavy atom. The van der Waals surface area contributed by atoms with Gasteiger partial charge < -0.3 is 14.8 Å². The van der Waals surface area contributed by atoms with Crippen molar-refractivity contribution in [2.24, 2.45) is 5.41 Å². The number of hydrogen-bond donors (Lipinski definition) is 1. The van der Waals surface area contributed by atoms with E-state index in [0.29, 0.717) is 19.5 Å². The number of nitrogens with zero attached hydrogens (tertiary/aromatic N) is 2. The molecule has 1 aromatic heterocycles. The lowest BCUT2D eigenvalue weighted by Crippen LogP contribution is -2.46. The molecule has 0 aliphatic rings. The van der Waals surface area contributed by atoms with E-state index >= 15 is 0 Å². The summed E-state index contributed by atoms with van der Waals surface area (Å²) in [5, 5.41) is 1.19. The molecule has 37 heavy (non-hydrogen) atoms. The average Bonchev–Trinajstić information content (AvgIpc) is 3.21. The molecule has 3 rings (SSSR count). The Morgan fingerprint density at radius 2 is 1.54 bits per heavy atom. The lowest BCUT2D eigenvalue weighted by Gasteiger charge is -2.32. The van der Waals surface area contributed by atoms with Gasteiger partial charge in [-0.05, 0) is 53.9 Å². The van der Waals surface area contributed by atoms with Crippen molar-refractivity contribution >= 4 is 22.7 Å². The zero-order valence-electron chi connectivity index (χ0n) is 24.0. The molecule has 0 aliphatic heterocycles. The van der Waals surface area contributed by atoms with Crippen LogP contribution >= 0.6 is 0 Å². The summed E-state index contributed by atoms with van der Waals surface area (Å²) in [6.45, 7) is 17.9. The van der Waals surface area contributed by atoms with Gasteiger partial charge in [-0.2, -0.15) is 0 Å². The summed E-state index contributed by atoms with van der Waals surface area (Å²) in [6.07, 6.45) is 3.20. The smallest absolute Gasteiger partial charge is 0.242 e. The number of para-hydroxylation sites is 1. The second-order valence-electron chi connectivity index (χ2n) is 12.7. The van der Waals surface area contributed by atoms with Crippen molar-refractivity contribution in [3.8, 4) is 0 Å². The van der Waals surface area contributed by atoms with Gasteiger partial charge in [0.1, 0.15) is 0 Å². The van der Waals surface area contributed by atoms with E-state index < -0.39 is 0 Å². The van der Waals surface area contributed by atoms with Crippen LogP contribution in [0.15, 0.2) is 54.7 Å². The normalized spacial score (nSPS) is 12.2. The molecule has 5 heteroatoms. The van der Waals surface area contributed by atoms with Crippen LogP contribution in [-0.4, -0.2) is 45.7 Å². The molecule has 0 atom stereocenters. The molecule has 0 radical (unpaired) electrons. The fourth-order valence-electron chi connectivity index (χ4n) is 4.58. The van der Waals surface area contributed by atoms with E-state index in [2.05, 4.69) is 82.9 Å². The minimum Gasteiger partial charge on any atom is -0.361 e. The molecule has 0 bridgehead atoms. The van der Waals surface area contributed by atoms with Crippen molar-refractivity contribution in [3.05, 3.63) is 71.4 Å². The van der Waals surface area contributed by atoms with Gasteiger partial charge >= 0.3 is 0 Å². The summed E-state index contributed by atoms with van der Waals surface area (Å²) < 4.78 is 0. The number of hydrogen-bond acceptors (Lipinski definition) is 2. The van der Waals surface area contributed by atoms with Gasteiger partial charge in [0.15, 0.2) is 0 Å². The first kappa shape index (κ1) is 28.5. The number of carbonyl (C=O) groups is 2. The summed E-state index contributed by atoms with van der Waals surface area (Å²) in [5.41, 5.74) is 4.61. The Labute approximate surface area is 223 Å². The van der Waals surface area contributed by atoms with Crippen molar-refractivity contribution in [3.63, 3.8) is 0 Å². The number of amides is 2. The number of fused-ring (bicyclic) bond motifs is 1. The molecule has 2 aromatic carbocycles. The minimum atomic E-state index is -0.128. The molecule has 0 fully saturated rings. The summed E-state index contributed by atoms with van der Waals surface area (Å²) in [4.78, 5) is 33.8. The molecule has 1 heterocycles. The fraction of sp³-hybridized carbons (Fsp3) is 0.500. The van der Waals surface area contributed by atoms with Gasteiger partial charge in [0.25, 0.3) is 0 Å². The van der Waals surface area contributed by atoms with Crippen molar-refractivity contribution < 1.29 is 9.59 Å². The van der Waals surface area contributed by atoms with E-state index in [0.717, 1.165) is 17.5 Å². The molecular weight excluding hydrogens is 458 g/mol. The number of aromatic amines is 1. The van der Waals surface area contributed by atoms with Gasteiger partial charge in [-0.1, -0.05) is 84.0 Å². The molecule has 5 nitrogen and oxygen atoms in total. The predicted octanol–water partition coefficient (Wildman–Crippen LogP) is 6.71. The molecule has 0 saturated heterocycles. The number of rotatable bonds is 9. The number of benzene rings is 2. The second-order valence-corrected chi connectivity index (χ2v) is 12.7. The van der Waals surface area contributed by atoms with E-state index in [-0.39, 0.29) is 35.2 Å². The number of aromatic nitrogens is 1. The minimum absolute atomic E-state index is 0.0179. The third-order valence-corrected chi connectivity index (χ3v) is 6.80. The van der Waals surface area contributed by atoms with Crippen LogP contribution in [0.4, 0.5) is 0 Å². The van der Waals surface area contributed by atoms with Crippen LogP contribution in [0.25, 0.3) is 10.9 Å². The SMILES string of the molecule is CC(C)N(CC(=O)N(CCc1c[nH]c2ccccc12)Cc1ccc(C(C)(C)C)cc1)C(=O)CC(C)(C)C. The molecule has 200 valence electrons. The van der Waals surface area contributed by atoms with Crippen LogP contribution in [0.3, 0.4) is 0 Å². The zero-order valence-corrected chi connectivity index (χ0v) is 24.0. The maximum absolute atomic E-state index is 13.7. The van der Waals surface area contributed by atoms with Crippen molar-refractivity contribution in [1.82, 2.24) is 14.8 Å². The number of nitrogens with one attached hydrogen (secondary N) is 1. The standard InChI is InChI=1S/C32H45N3O2/c1-23(2)35(29(36)19-31(3,4)5)22-30(37)34(21-24-13-15-26(16-14-24)32(6,7)8)18-17-25-20-33-28-12-10-9-11-27(25)28/h9-16,20,23,33H,17-19,21-22H2,1-8H3. The van der Waals surface area contributed by atoms with E-state index in [1.807, 2.05) is 37.1 Å². The summed E-state index contributed by atoms with van der Waals surface area (Å²) in [7, 11) is 0. The molecular formula is C32H45N3O2. The maximum atomic E-state index is 13.7. The first-order chi connectivity index (χ1) is 17.2. The summed E-state index contributed by atoms with van der Waals surface area (Å²) >= 11 is 0. The Hall–Kier alpha value is -3.08. The molecule has 0 unspecified atom stereocenters. The van der Waals surface area contributed by atoms with Crippen LogP contribution in [0.1, 0.15) is 78.5 Å². The molecule has 2 amide bonds. The molecule has 0 aliphatic carbocycles. The van der Waals surface area contributed by atoms with Gasteiger partial charge in [-0.15, -0.1) is 0 Å². The first-order valence-electron chi connectivity index (χ1n) is 13.5. The molecule has 0 saturated carbocycles. The van der Waals surface area contributed by atoms with Crippen molar-refractivity contribution in [2.45, 2.75) is 86.2 Å². The lowest BCUT2D eigenvalue weighted by molar-refractivity contribution is -0.143. The van der Waals surface area contributed by atoms with E-state index in [9.17, 15) is 9.59 Å². The zero-order chi connectivity index (χ0) is 27.4. The van der Waals surface area contributed by atoms with Gasteiger partial charge in [0, 0.05) is 42.7 Å². The van der Waals surface area contributed by atoms with Crippen LogP contribution in [-0.2, 0) is 28.0 Å². The molecule has 3 aromatic rings.